The zero-order valence-electron chi connectivity index (χ0n) is 18.0. The number of thiophene rings is 1. The van der Waals surface area contributed by atoms with Crippen molar-refractivity contribution in [2.24, 2.45) is 0 Å². The zero-order chi connectivity index (χ0) is 22.5. The summed E-state index contributed by atoms with van der Waals surface area (Å²) < 4.78 is 15.9. The van der Waals surface area contributed by atoms with Gasteiger partial charge in [0.25, 0.3) is 11.8 Å². The van der Waals surface area contributed by atoms with Crippen LogP contribution in [-0.2, 0) is 0 Å². The van der Waals surface area contributed by atoms with Gasteiger partial charge in [-0.2, -0.15) is 5.26 Å². The second-order valence-electron chi connectivity index (χ2n) is 7.09. The first-order chi connectivity index (χ1) is 14.9. The fourth-order valence-electron chi connectivity index (χ4n) is 3.57. The number of carbonyl (C=O) groups excluding carboxylic acids is 2. The Bertz CT molecular complexity index is 1010. The third-order valence-corrected chi connectivity index (χ3v) is 6.45. The molecule has 1 aromatic heterocycles. The molecule has 1 saturated heterocycles. The molecule has 2 amide bonds. The minimum atomic E-state index is -0.450. The lowest BCUT2D eigenvalue weighted by Crippen LogP contribution is -2.35. The molecule has 164 valence electrons. The van der Waals surface area contributed by atoms with Crippen LogP contribution < -0.4 is 19.5 Å². The van der Waals surface area contributed by atoms with Crippen LogP contribution in [0.25, 0.3) is 0 Å². The van der Waals surface area contributed by atoms with Crippen molar-refractivity contribution >= 4 is 28.2 Å². The SMILES string of the molecule is COc1cc(C(=O)Nc2sc(C(=O)N3CCCCC3)c(C)c2C#N)cc(OC)c1OC. The van der Waals surface area contributed by atoms with Gasteiger partial charge in [0.1, 0.15) is 11.1 Å². The van der Waals surface area contributed by atoms with Gasteiger partial charge in [0.15, 0.2) is 11.5 Å². The molecule has 0 atom stereocenters. The van der Waals surface area contributed by atoms with Gasteiger partial charge in [-0.05, 0) is 43.9 Å². The minimum Gasteiger partial charge on any atom is -0.493 e. The number of nitrogens with zero attached hydrogens (tertiary/aromatic N) is 2. The number of hydrogen-bond acceptors (Lipinski definition) is 7. The second-order valence-corrected chi connectivity index (χ2v) is 8.11. The fraction of sp³-hybridized carbons (Fsp3) is 0.409. The number of carbonyl (C=O) groups is 2. The molecule has 0 spiro atoms. The molecule has 2 heterocycles. The Labute approximate surface area is 185 Å². The van der Waals surface area contributed by atoms with Gasteiger partial charge in [0.05, 0.1) is 31.8 Å². The zero-order valence-corrected chi connectivity index (χ0v) is 18.9. The van der Waals surface area contributed by atoms with E-state index in [1.54, 1.807) is 6.92 Å². The molecule has 0 aliphatic carbocycles. The van der Waals surface area contributed by atoms with Gasteiger partial charge in [0.2, 0.25) is 5.75 Å². The summed E-state index contributed by atoms with van der Waals surface area (Å²) in [6.45, 7) is 3.16. The maximum absolute atomic E-state index is 13.0. The number of amides is 2. The normalized spacial score (nSPS) is 13.3. The number of ether oxygens (including phenoxy) is 3. The topological polar surface area (TPSA) is 101 Å². The number of anilines is 1. The predicted molar refractivity (Wildman–Crippen MR) is 118 cm³/mol. The third kappa shape index (κ3) is 4.44. The van der Waals surface area contributed by atoms with Gasteiger partial charge in [0, 0.05) is 18.7 Å². The van der Waals surface area contributed by atoms with Gasteiger partial charge in [-0.25, -0.2) is 0 Å². The number of hydrogen-bond donors (Lipinski definition) is 1. The molecule has 8 nitrogen and oxygen atoms in total. The number of nitrogens with one attached hydrogen (secondary N) is 1. The molecular formula is C22H25N3O5S. The van der Waals surface area contributed by atoms with Crippen molar-refractivity contribution in [3.8, 4) is 23.3 Å². The molecular weight excluding hydrogens is 418 g/mol. The van der Waals surface area contributed by atoms with Crippen molar-refractivity contribution in [1.29, 1.82) is 5.26 Å². The van der Waals surface area contributed by atoms with Crippen molar-refractivity contribution in [2.45, 2.75) is 26.2 Å². The molecule has 1 fully saturated rings. The van der Waals surface area contributed by atoms with Crippen LogP contribution in [0, 0.1) is 18.3 Å². The van der Waals surface area contributed by atoms with Crippen LogP contribution in [0.4, 0.5) is 5.00 Å². The molecule has 9 heteroatoms. The molecule has 0 saturated carbocycles. The van der Waals surface area contributed by atoms with E-state index in [9.17, 15) is 14.9 Å². The Morgan fingerprint density at radius 1 is 1.06 bits per heavy atom. The van der Waals surface area contributed by atoms with E-state index in [-0.39, 0.29) is 11.5 Å². The molecule has 1 aliphatic rings. The van der Waals surface area contributed by atoms with Crippen LogP contribution in [0.5, 0.6) is 17.2 Å². The standard InChI is InChI=1S/C22H25N3O5S/c1-13-15(12-23)21(31-19(13)22(27)25-8-6-5-7-9-25)24-20(26)14-10-16(28-2)18(30-4)17(11-14)29-3/h10-11H,5-9H2,1-4H3,(H,24,26). The van der Waals surface area contributed by atoms with E-state index in [4.69, 9.17) is 14.2 Å². The summed E-state index contributed by atoms with van der Waals surface area (Å²) in [5.74, 6) is 0.522. The van der Waals surface area contributed by atoms with Crippen molar-refractivity contribution in [1.82, 2.24) is 4.90 Å². The van der Waals surface area contributed by atoms with E-state index in [1.807, 2.05) is 4.90 Å². The number of nitriles is 1. The second kappa shape index (κ2) is 9.71. The largest absolute Gasteiger partial charge is 0.493 e. The summed E-state index contributed by atoms with van der Waals surface area (Å²) in [4.78, 5) is 28.2. The predicted octanol–water partition coefficient (Wildman–Crippen LogP) is 3.83. The van der Waals surface area contributed by atoms with E-state index in [0.717, 1.165) is 30.6 Å². The smallest absolute Gasteiger partial charge is 0.264 e. The van der Waals surface area contributed by atoms with Crippen LogP contribution in [0.3, 0.4) is 0 Å². The fourth-order valence-corrected chi connectivity index (χ4v) is 4.69. The van der Waals surface area contributed by atoms with Crippen molar-refractivity contribution in [3.63, 3.8) is 0 Å². The summed E-state index contributed by atoms with van der Waals surface area (Å²) >= 11 is 1.13. The Morgan fingerprint density at radius 2 is 1.68 bits per heavy atom. The molecule has 0 bridgehead atoms. The molecule has 1 aliphatic heterocycles. The average Bonchev–Trinajstić information content (AvgIpc) is 3.12. The third-order valence-electron chi connectivity index (χ3n) is 5.25. The highest BCUT2D eigenvalue weighted by molar-refractivity contribution is 7.18. The lowest BCUT2D eigenvalue weighted by Gasteiger charge is -2.26. The lowest BCUT2D eigenvalue weighted by atomic mass is 10.1. The van der Waals surface area contributed by atoms with Crippen LogP contribution in [0.2, 0.25) is 0 Å². The van der Waals surface area contributed by atoms with Crippen LogP contribution in [-0.4, -0.2) is 51.1 Å². The quantitative estimate of drug-likeness (QED) is 0.728. The first kappa shape index (κ1) is 22.4. The molecule has 1 N–H and O–H groups in total. The van der Waals surface area contributed by atoms with Crippen LogP contribution in [0.1, 0.15) is 50.4 Å². The number of methoxy groups -OCH3 is 3. The first-order valence-electron chi connectivity index (χ1n) is 9.89. The van der Waals surface area contributed by atoms with Crippen LogP contribution in [0.15, 0.2) is 12.1 Å². The lowest BCUT2D eigenvalue weighted by molar-refractivity contribution is 0.0728. The van der Waals surface area contributed by atoms with Gasteiger partial charge < -0.3 is 24.4 Å². The van der Waals surface area contributed by atoms with E-state index in [1.165, 1.54) is 33.5 Å². The molecule has 2 aromatic rings. The van der Waals surface area contributed by atoms with Crippen LogP contribution >= 0.6 is 11.3 Å². The van der Waals surface area contributed by atoms with Gasteiger partial charge in [-0.15, -0.1) is 11.3 Å². The van der Waals surface area contributed by atoms with Gasteiger partial charge in [-0.1, -0.05) is 0 Å². The molecule has 31 heavy (non-hydrogen) atoms. The summed E-state index contributed by atoms with van der Waals surface area (Å²) in [5.41, 5.74) is 1.16. The molecule has 0 radical (unpaired) electrons. The highest BCUT2D eigenvalue weighted by Gasteiger charge is 2.26. The Kier molecular flexibility index (Phi) is 7.02. The van der Waals surface area contributed by atoms with E-state index >= 15 is 0 Å². The number of benzene rings is 1. The highest BCUT2D eigenvalue weighted by Crippen LogP contribution is 2.39. The maximum Gasteiger partial charge on any atom is 0.264 e. The first-order valence-corrected chi connectivity index (χ1v) is 10.7. The van der Waals surface area contributed by atoms with Crippen molar-refractivity contribution in [2.75, 3.05) is 39.7 Å². The number of rotatable bonds is 6. The Hall–Kier alpha value is -3.25. The van der Waals surface area contributed by atoms with Gasteiger partial charge >= 0.3 is 0 Å². The minimum absolute atomic E-state index is 0.0908. The van der Waals surface area contributed by atoms with Crippen molar-refractivity contribution in [3.05, 3.63) is 33.7 Å². The monoisotopic (exact) mass is 443 g/mol. The molecule has 0 unspecified atom stereocenters. The average molecular weight is 444 g/mol. The summed E-state index contributed by atoms with van der Waals surface area (Å²) in [5, 5.41) is 12.8. The molecule has 1 aromatic carbocycles. The van der Waals surface area contributed by atoms with E-state index < -0.39 is 5.91 Å². The van der Waals surface area contributed by atoms with E-state index in [0.29, 0.717) is 51.3 Å². The number of piperidine rings is 1. The van der Waals surface area contributed by atoms with Gasteiger partial charge in [-0.3, -0.25) is 9.59 Å². The van der Waals surface area contributed by atoms with E-state index in [2.05, 4.69) is 11.4 Å². The summed E-state index contributed by atoms with van der Waals surface area (Å²) in [7, 11) is 4.41. The summed E-state index contributed by atoms with van der Waals surface area (Å²) in [6, 6.07) is 5.18. The maximum atomic E-state index is 13.0. The summed E-state index contributed by atoms with van der Waals surface area (Å²) in [6.07, 6.45) is 3.07. The Balaban J connectivity index is 1.91. The molecule has 3 rings (SSSR count). The highest BCUT2D eigenvalue weighted by atomic mass is 32.1. The Morgan fingerprint density at radius 3 is 2.19 bits per heavy atom. The number of likely N-dealkylation sites (tertiary alicyclic amines) is 1. The van der Waals surface area contributed by atoms with Crippen molar-refractivity contribution < 1.29 is 23.8 Å².